The fraction of sp³-hybridized carbons (Fsp3) is 0.417. The lowest BCUT2D eigenvalue weighted by Gasteiger charge is -2.06. The van der Waals surface area contributed by atoms with Crippen LogP contribution in [-0.2, 0) is 0 Å². The predicted octanol–water partition coefficient (Wildman–Crippen LogP) is 1.72. The van der Waals surface area contributed by atoms with Crippen LogP contribution in [0, 0.1) is 24.7 Å². The van der Waals surface area contributed by atoms with Gasteiger partial charge in [-0.05, 0) is 24.5 Å². The summed E-state index contributed by atoms with van der Waals surface area (Å²) in [7, 11) is 0. The quantitative estimate of drug-likeness (QED) is 0.682. The van der Waals surface area contributed by atoms with E-state index in [1.165, 1.54) is 0 Å². The van der Waals surface area contributed by atoms with Gasteiger partial charge in [0.25, 0.3) is 0 Å². The molecule has 1 rings (SSSR count). The van der Waals surface area contributed by atoms with Crippen LogP contribution in [0.4, 0.5) is 0 Å². The summed E-state index contributed by atoms with van der Waals surface area (Å²) in [4.78, 5) is 4.06. The smallest absolute Gasteiger partial charge is 0.0691 e. The van der Waals surface area contributed by atoms with Crippen molar-refractivity contribution in [1.82, 2.24) is 4.98 Å². The minimum Gasteiger partial charge on any atom is -0.317 e. The summed E-state index contributed by atoms with van der Waals surface area (Å²) < 4.78 is 0. The highest BCUT2D eigenvalue weighted by atomic mass is 14.6. The first kappa shape index (κ1) is 10.7. The molecule has 1 unspecified atom stereocenters. The Balaban J connectivity index is 2.77. The van der Waals surface area contributed by atoms with Gasteiger partial charge in [0.1, 0.15) is 0 Å². The Bertz CT molecular complexity index is 358. The first-order valence-corrected chi connectivity index (χ1v) is 4.78. The summed E-state index contributed by atoms with van der Waals surface area (Å²) in [5.41, 5.74) is 7.86. The van der Waals surface area contributed by atoms with Crippen LogP contribution in [0.25, 0.3) is 0 Å². The Morgan fingerprint density at radius 2 is 2.07 bits per heavy atom. The Labute approximate surface area is 85.5 Å². The minimum atomic E-state index is -0.0597. The lowest BCUT2D eigenvalue weighted by molar-refractivity contribution is 0.584. The van der Waals surface area contributed by atoms with E-state index in [1.807, 2.05) is 19.2 Å². The van der Waals surface area contributed by atoms with E-state index in [2.05, 4.69) is 30.7 Å². The molecule has 2 heteroatoms. The number of pyridine rings is 1. The molecule has 0 aliphatic carbocycles. The van der Waals surface area contributed by atoms with Gasteiger partial charge in [0, 0.05) is 18.0 Å². The van der Waals surface area contributed by atoms with Gasteiger partial charge in [0.05, 0.1) is 6.04 Å². The standard InChI is InChI=1S/C12H16N2/c1-9(2)12(13)5-4-11-6-10(3)7-14-8-11/h6-9,12H,13H2,1-3H3. The molecule has 1 heterocycles. The van der Waals surface area contributed by atoms with Gasteiger partial charge in [-0.3, -0.25) is 4.98 Å². The van der Waals surface area contributed by atoms with E-state index >= 15 is 0 Å². The number of nitrogens with two attached hydrogens (primary N) is 1. The number of aryl methyl sites for hydroxylation is 1. The molecule has 2 nitrogen and oxygen atoms in total. The molecule has 14 heavy (non-hydrogen) atoms. The third-order valence-corrected chi connectivity index (χ3v) is 1.98. The van der Waals surface area contributed by atoms with Gasteiger partial charge in [-0.2, -0.15) is 0 Å². The Morgan fingerprint density at radius 3 is 2.64 bits per heavy atom. The topological polar surface area (TPSA) is 38.9 Å². The maximum absolute atomic E-state index is 5.81. The van der Waals surface area contributed by atoms with Crippen molar-refractivity contribution in [2.45, 2.75) is 26.8 Å². The Morgan fingerprint density at radius 1 is 1.36 bits per heavy atom. The zero-order valence-electron chi connectivity index (χ0n) is 8.91. The van der Waals surface area contributed by atoms with Gasteiger partial charge in [0.2, 0.25) is 0 Å². The van der Waals surface area contributed by atoms with E-state index in [0.29, 0.717) is 5.92 Å². The third-order valence-electron chi connectivity index (χ3n) is 1.98. The maximum atomic E-state index is 5.81. The predicted molar refractivity (Wildman–Crippen MR) is 58.7 cm³/mol. The SMILES string of the molecule is Cc1cncc(C#CC(N)C(C)C)c1. The van der Waals surface area contributed by atoms with Crippen LogP contribution in [0.5, 0.6) is 0 Å². The van der Waals surface area contributed by atoms with Gasteiger partial charge in [-0.1, -0.05) is 25.7 Å². The second-order valence-electron chi connectivity index (χ2n) is 3.79. The van der Waals surface area contributed by atoms with E-state index < -0.39 is 0 Å². The fourth-order valence-corrected chi connectivity index (χ4v) is 0.957. The van der Waals surface area contributed by atoms with Crippen molar-refractivity contribution in [3.63, 3.8) is 0 Å². The molecule has 0 aromatic carbocycles. The molecule has 0 fully saturated rings. The van der Waals surface area contributed by atoms with Crippen LogP contribution >= 0.6 is 0 Å². The molecule has 0 aliphatic rings. The maximum Gasteiger partial charge on any atom is 0.0691 e. The molecule has 0 radical (unpaired) electrons. The number of aromatic nitrogens is 1. The average Bonchev–Trinajstić information content (AvgIpc) is 2.14. The molecule has 1 atom stereocenters. The first-order chi connectivity index (χ1) is 6.59. The Hall–Kier alpha value is -1.33. The van der Waals surface area contributed by atoms with Crippen LogP contribution < -0.4 is 5.73 Å². The van der Waals surface area contributed by atoms with Crippen molar-refractivity contribution in [3.8, 4) is 11.8 Å². The van der Waals surface area contributed by atoms with Crippen LogP contribution in [-0.4, -0.2) is 11.0 Å². The van der Waals surface area contributed by atoms with E-state index in [4.69, 9.17) is 5.73 Å². The zero-order chi connectivity index (χ0) is 10.6. The second kappa shape index (κ2) is 4.78. The van der Waals surface area contributed by atoms with Gasteiger partial charge in [-0.15, -0.1) is 0 Å². The molecular weight excluding hydrogens is 172 g/mol. The Kier molecular flexibility index (Phi) is 3.67. The lowest BCUT2D eigenvalue weighted by atomic mass is 10.1. The summed E-state index contributed by atoms with van der Waals surface area (Å²) >= 11 is 0. The van der Waals surface area contributed by atoms with Crippen molar-refractivity contribution in [2.75, 3.05) is 0 Å². The molecule has 0 bridgehead atoms. The third kappa shape index (κ3) is 3.20. The van der Waals surface area contributed by atoms with Gasteiger partial charge in [-0.25, -0.2) is 0 Å². The van der Waals surface area contributed by atoms with Crippen molar-refractivity contribution in [3.05, 3.63) is 29.6 Å². The highest BCUT2D eigenvalue weighted by Gasteiger charge is 2.01. The first-order valence-electron chi connectivity index (χ1n) is 4.78. The fourth-order valence-electron chi connectivity index (χ4n) is 0.957. The summed E-state index contributed by atoms with van der Waals surface area (Å²) in [6.07, 6.45) is 3.57. The number of nitrogens with zero attached hydrogens (tertiary/aromatic N) is 1. The van der Waals surface area contributed by atoms with Crippen LogP contribution in [0.2, 0.25) is 0 Å². The van der Waals surface area contributed by atoms with Crippen molar-refractivity contribution in [1.29, 1.82) is 0 Å². The molecule has 0 amide bonds. The van der Waals surface area contributed by atoms with Gasteiger partial charge >= 0.3 is 0 Å². The zero-order valence-corrected chi connectivity index (χ0v) is 8.91. The van der Waals surface area contributed by atoms with Crippen molar-refractivity contribution in [2.24, 2.45) is 11.7 Å². The highest BCUT2D eigenvalue weighted by molar-refractivity contribution is 5.34. The molecule has 74 valence electrons. The number of rotatable bonds is 1. The molecule has 0 spiro atoms. The summed E-state index contributed by atoms with van der Waals surface area (Å²) in [5, 5.41) is 0. The van der Waals surface area contributed by atoms with Crippen LogP contribution in [0.3, 0.4) is 0 Å². The summed E-state index contributed by atoms with van der Waals surface area (Å²) in [6, 6.07) is 1.95. The van der Waals surface area contributed by atoms with E-state index in [9.17, 15) is 0 Å². The van der Waals surface area contributed by atoms with Gasteiger partial charge in [0.15, 0.2) is 0 Å². The highest BCUT2D eigenvalue weighted by Crippen LogP contribution is 2.00. The average molecular weight is 188 g/mol. The molecule has 0 saturated heterocycles. The monoisotopic (exact) mass is 188 g/mol. The van der Waals surface area contributed by atoms with Crippen LogP contribution in [0.15, 0.2) is 18.5 Å². The number of hydrogen-bond donors (Lipinski definition) is 1. The van der Waals surface area contributed by atoms with Crippen molar-refractivity contribution < 1.29 is 0 Å². The molecule has 0 aliphatic heterocycles. The molecular formula is C12H16N2. The normalized spacial score (nSPS) is 12.1. The van der Waals surface area contributed by atoms with Crippen molar-refractivity contribution >= 4 is 0 Å². The summed E-state index contributed by atoms with van der Waals surface area (Å²) in [6.45, 7) is 6.13. The molecule has 1 aromatic heterocycles. The van der Waals surface area contributed by atoms with E-state index in [-0.39, 0.29) is 6.04 Å². The van der Waals surface area contributed by atoms with E-state index in [1.54, 1.807) is 6.20 Å². The molecule has 1 aromatic rings. The van der Waals surface area contributed by atoms with Gasteiger partial charge < -0.3 is 5.73 Å². The van der Waals surface area contributed by atoms with Crippen LogP contribution in [0.1, 0.15) is 25.0 Å². The second-order valence-corrected chi connectivity index (χ2v) is 3.79. The number of hydrogen-bond acceptors (Lipinski definition) is 2. The summed E-state index contributed by atoms with van der Waals surface area (Å²) in [5.74, 6) is 6.43. The molecule has 0 saturated carbocycles. The van der Waals surface area contributed by atoms with E-state index in [0.717, 1.165) is 11.1 Å². The molecule has 2 N–H and O–H groups in total. The largest absolute Gasteiger partial charge is 0.317 e. The minimum absolute atomic E-state index is 0.0597. The lowest BCUT2D eigenvalue weighted by Crippen LogP contribution is -2.23.